The van der Waals surface area contributed by atoms with E-state index < -0.39 is 4.92 Å². The normalized spacial score (nSPS) is 10.4. The predicted octanol–water partition coefficient (Wildman–Crippen LogP) is 3.60. The Bertz CT molecular complexity index is 813. The van der Waals surface area contributed by atoms with Crippen LogP contribution in [0.15, 0.2) is 54.6 Å². The third-order valence-electron chi connectivity index (χ3n) is 3.27. The van der Waals surface area contributed by atoms with Crippen molar-refractivity contribution in [2.45, 2.75) is 13.3 Å². The zero-order chi connectivity index (χ0) is 18.2. The number of nitrogens with one attached hydrogen (secondary N) is 2. The van der Waals surface area contributed by atoms with E-state index in [1.54, 1.807) is 43.3 Å². The van der Waals surface area contributed by atoms with Crippen LogP contribution in [0.5, 0.6) is 0 Å². The van der Waals surface area contributed by atoms with E-state index in [9.17, 15) is 19.7 Å². The molecular weight excluding hydrogens is 322 g/mol. The number of nitro benzene ring substituents is 1. The van der Waals surface area contributed by atoms with Crippen LogP contribution in [0.4, 0.5) is 17.1 Å². The van der Waals surface area contributed by atoms with Gasteiger partial charge in [0.25, 0.3) is 5.69 Å². The minimum Gasteiger partial charge on any atom is -0.326 e. The van der Waals surface area contributed by atoms with Gasteiger partial charge >= 0.3 is 0 Å². The number of amides is 2. The van der Waals surface area contributed by atoms with E-state index in [0.29, 0.717) is 23.4 Å². The van der Waals surface area contributed by atoms with Crippen molar-refractivity contribution in [1.82, 2.24) is 0 Å². The summed E-state index contributed by atoms with van der Waals surface area (Å²) in [5.74, 6) is -0.450. The van der Waals surface area contributed by atoms with E-state index in [1.165, 1.54) is 24.3 Å². The highest BCUT2D eigenvalue weighted by Crippen LogP contribution is 2.15. The zero-order valence-corrected chi connectivity index (χ0v) is 13.6. The van der Waals surface area contributed by atoms with Gasteiger partial charge in [-0.3, -0.25) is 19.7 Å². The van der Waals surface area contributed by atoms with Crippen molar-refractivity contribution in [2.24, 2.45) is 0 Å². The largest absolute Gasteiger partial charge is 0.326 e. The number of nitrogens with zero attached hydrogens (tertiary/aromatic N) is 1. The molecule has 7 heteroatoms. The second-order valence-electron chi connectivity index (χ2n) is 5.15. The van der Waals surface area contributed by atoms with E-state index in [0.717, 1.165) is 0 Å². The van der Waals surface area contributed by atoms with Gasteiger partial charge in [-0.2, -0.15) is 0 Å². The summed E-state index contributed by atoms with van der Waals surface area (Å²) < 4.78 is 0. The van der Waals surface area contributed by atoms with Crippen molar-refractivity contribution in [3.05, 3.63) is 70.3 Å². The van der Waals surface area contributed by atoms with Crippen LogP contribution in [-0.4, -0.2) is 16.7 Å². The number of carbonyl (C=O) groups is 2. The summed E-state index contributed by atoms with van der Waals surface area (Å²) in [7, 11) is 0. The maximum atomic E-state index is 11.9. The van der Waals surface area contributed by atoms with E-state index in [-0.39, 0.29) is 17.5 Å². The van der Waals surface area contributed by atoms with E-state index in [4.69, 9.17) is 0 Å². The van der Waals surface area contributed by atoms with E-state index >= 15 is 0 Å². The average molecular weight is 339 g/mol. The molecule has 25 heavy (non-hydrogen) atoms. The van der Waals surface area contributed by atoms with Gasteiger partial charge < -0.3 is 10.6 Å². The van der Waals surface area contributed by atoms with Crippen LogP contribution in [0.3, 0.4) is 0 Å². The van der Waals surface area contributed by atoms with E-state index in [1.807, 2.05) is 0 Å². The lowest BCUT2D eigenvalue weighted by molar-refractivity contribution is -0.384. The maximum absolute atomic E-state index is 11.9. The molecule has 0 heterocycles. The third kappa shape index (κ3) is 5.58. The fraction of sp³-hybridized carbons (Fsp3) is 0.111. The first-order valence-electron chi connectivity index (χ1n) is 7.61. The number of hydrogen-bond donors (Lipinski definition) is 2. The van der Waals surface area contributed by atoms with Crippen LogP contribution in [0, 0.1) is 10.1 Å². The monoisotopic (exact) mass is 339 g/mol. The van der Waals surface area contributed by atoms with Crippen LogP contribution in [0.2, 0.25) is 0 Å². The highest BCUT2D eigenvalue weighted by atomic mass is 16.6. The van der Waals surface area contributed by atoms with Crippen molar-refractivity contribution in [2.75, 3.05) is 10.6 Å². The molecule has 0 aliphatic rings. The minimum absolute atomic E-state index is 0.0349. The Morgan fingerprint density at radius 1 is 1.08 bits per heavy atom. The maximum Gasteiger partial charge on any atom is 0.270 e. The molecule has 0 unspecified atom stereocenters. The topological polar surface area (TPSA) is 101 Å². The first-order chi connectivity index (χ1) is 12.0. The van der Waals surface area contributed by atoms with Gasteiger partial charge in [0, 0.05) is 36.0 Å². The van der Waals surface area contributed by atoms with Gasteiger partial charge in [-0.15, -0.1) is 0 Å². The van der Waals surface area contributed by atoms with Crippen LogP contribution >= 0.6 is 0 Å². The molecular formula is C18H17N3O4. The summed E-state index contributed by atoms with van der Waals surface area (Å²) in [6.07, 6.45) is 3.19. The summed E-state index contributed by atoms with van der Waals surface area (Å²) >= 11 is 0. The molecule has 0 atom stereocenters. The molecule has 0 saturated carbocycles. The lowest BCUT2D eigenvalue weighted by Gasteiger charge is -2.06. The SMILES string of the molecule is CCC(=O)Nc1ccc(NC(=O)C=Cc2cccc([N+](=O)[O-])c2)cc1. The smallest absolute Gasteiger partial charge is 0.270 e. The van der Waals surface area contributed by atoms with Gasteiger partial charge in [0.1, 0.15) is 0 Å². The number of anilines is 2. The molecule has 2 N–H and O–H groups in total. The fourth-order valence-electron chi connectivity index (χ4n) is 1.98. The van der Waals surface area contributed by atoms with E-state index in [2.05, 4.69) is 10.6 Å². The van der Waals surface area contributed by atoms with Crippen LogP contribution in [-0.2, 0) is 9.59 Å². The van der Waals surface area contributed by atoms with Crippen molar-refractivity contribution in [1.29, 1.82) is 0 Å². The van der Waals surface area contributed by atoms with Gasteiger partial charge in [0.2, 0.25) is 11.8 Å². The molecule has 0 saturated heterocycles. The fourth-order valence-corrected chi connectivity index (χ4v) is 1.98. The predicted molar refractivity (Wildman–Crippen MR) is 96.1 cm³/mol. The molecule has 128 valence electrons. The van der Waals surface area contributed by atoms with Gasteiger partial charge in [0.15, 0.2) is 0 Å². The van der Waals surface area contributed by atoms with Gasteiger partial charge in [-0.1, -0.05) is 19.1 Å². The Hall–Kier alpha value is -3.48. The summed E-state index contributed by atoms with van der Waals surface area (Å²) in [5, 5.41) is 16.1. The highest BCUT2D eigenvalue weighted by Gasteiger charge is 2.04. The Labute approximate surface area is 144 Å². The number of benzene rings is 2. The standard InChI is InChI=1S/C18H17N3O4/c1-2-17(22)19-14-7-9-15(10-8-14)20-18(23)11-6-13-4-3-5-16(12-13)21(24)25/h3-12H,2H2,1H3,(H,19,22)(H,20,23). The Kier molecular flexibility index (Phi) is 6.00. The Morgan fingerprint density at radius 2 is 1.72 bits per heavy atom. The van der Waals surface area contributed by atoms with Gasteiger partial charge in [0.05, 0.1) is 4.92 Å². The first-order valence-corrected chi connectivity index (χ1v) is 7.61. The number of nitro groups is 1. The number of hydrogen-bond acceptors (Lipinski definition) is 4. The number of rotatable bonds is 6. The van der Waals surface area contributed by atoms with Crippen LogP contribution < -0.4 is 10.6 Å². The molecule has 0 bridgehead atoms. The Balaban J connectivity index is 1.96. The van der Waals surface area contributed by atoms with Gasteiger partial charge in [-0.25, -0.2) is 0 Å². The molecule has 0 fully saturated rings. The Morgan fingerprint density at radius 3 is 2.32 bits per heavy atom. The molecule has 7 nitrogen and oxygen atoms in total. The molecule has 2 aromatic rings. The molecule has 2 aromatic carbocycles. The summed E-state index contributed by atoms with van der Waals surface area (Å²) in [5.41, 5.74) is 1.74. The van der Waals surface area contributed by atoms with Crippen molar-refractivity contribution in [3.63, 3.8) is 0 Å². The number of carbonyl (C=O) groups excluding carboxylic acids is 2. The lowest BCUT2D eigenvalue weighted by Crippen LogP contribution is -2.10. The minimum atomic E-state index is -0.490. The lowest BCUT2D eigenvalue weighted by atomic mass is 10.2. The zero-order valence-electron chi connectivity index (χ0n) is 13.6. The summed E-state index contributed by atoms with van der Waals surface area (Å²) in [4.78, 5) is 33.4. The van der Waals surface area contributed by atoms with Crippen LogP contribution in [0.1, 0.15) is 18.9 Å². The van der Waals surface area contributed by atoms with Crippen LogP contribution in [0.25, 0.3) is 6.08 Å². The average Bonchev–Trinajstić information content (AvgIpc) is 2.61. The summed E-state index contributed by atoms with van der Waals surface area (Å²) in [6, 6.07) is 12.7. The van der Waals surface area contributed by atoms with Crippen molar-refractivity contribution >= 4 is 35.0 Å². The molecule has 0 spiro atoms. The van der Waals surface area contributed by atoms with Crippen molar-refractivity contribution < 1.29 is 14.5 Å². The molecule has 0 aromatic heterocycles. The first kappa shape index (κ1) is 17.9. The molecule has 2 rings (SSSR count). The van der Waals surface area contributed by atoms with Crippen molar-refractivity contribution in [3.8, 4) is 0 Å². The quantitative estimate of drug-likeness (QED) is 0.477. The summed E-state index contributed by atoms with van der Waals surface area (Å²) in [6.45, 7) is 1.76. The highest BCUT2D eigenvalue weighted by molar-refractivity contribution is 6.02. The molecule has 0 aliphatic carbocycles. The molecule has 0 aliphatic heterocycles. The number of non-ortho nitro benzene ring substituents is 1. The van der Waals surface area contributed by atoms with Gasteiger partial charge in [-0.05, 0) is 35.9 Å². The second kappa shape index (κ2) is 8.39. The molecule has 0 radical (unpaired) electrons. The second-order valence-corrected chi connectivity index (χ2v) is 5.15. The third-order valence-corrected chi connectivity index (χ3v) is 3.27. The molecule has 2 amide bonds.